The second-order valence-electron chi connectivity index (χ2n) is 6.17. The summed E-state index contributed by atoms with van der Waals surface area (Å²) in [5, 5.41) is 2.81. The van der Waals surface area contributed by atoms with E-state index in [1.165, 1.54) is 23.9 Å². The molecule has 0 heterocycles. The lowest BCUT2D eigenvalue weighted by Gasteiger charge is -2.13. The molecule has 0 aliphatic carbocycles. The van der Waals surface area contributed by atoms with Gasteiger partial charge in [-0.3, -0.25) is 9.52 Å². The molecular weight excluding hydrogens is 428 g/mol. The van der Waals surface area contributed by atoms with Crippen molar-refractivity contribution in [2.45, 2.75) is 22.0 Å². The van der Waals surface area contributed by atoms with E-state index in [9.17, 15) is 13.2 Å². The number of hydrogen-bond acceptors (Lipinski definition) is 4. The van der Waals surface area contributed by atoms with Gasteiger partial charge in [0.05, 0.1) is 20.9 Å². The molecule has 150 valence electrons. The second-order valence-corrected chi connectivity index (χ2v) is 9.68. The van der Waals surface area contributed by atoms with Crippen molar-refractivity contribution < 1.29 is 13.2 Å². The number of rotatable bonds is 7. The first-order chi connectivity index (χ1) is 13.8. The quantitative estimate of drug-likeness (QED) is 0.485. The van der Waals surface area contributed by atoms with E-state index < -0.39 is 10.0 Å². The van der Waals surface area contributed by atoms with Gasteiger partial charge < -0.3 is 5.32 Å². The predicted molar refractivity (Wildman–Crippen MR) is 119 cm³/mol. The maximum Gasteiger partial charge on any atom is 0.261 e. The molecule has 29 heavy (non-hydrogen) atoms. The molecule has 1 amide bonds. The van der Waals surface area contributed by atoms with Crippen molar-refractivity contribution in [2.24, 2.45) is 0 Å². The van der Waals surface area contributed by atoms with Crippen LogP contribution in [0.25, 0.3) is 0 Å². The van der Waals surface area contributed by atoms with E-state index in [1.807, 2.05) is 37.3 Å². The molecule has 0 aliphatic rings. The molecule has 1 atom stereocenters. The first kappa shape index (κ1) is 21.2. The summed E-state index contributed by atoms with van der Waals surface area (Å²) in [6, 6.07) is 22.2. The molecular formula is C21H19ClN2O3S2. The standard InChI is InChI=1S/C21H19ClN2O3S2/c1-15(28-17-7-3-2-4-8-17)21(25)23-16-11-13-18(14-12-16)29(26,27)24-20-10-6-5-9-19(20)22/h2-15,24H,1H3,(H,23,25)/t15-/m0/s1. The molecule has 0 aliphatic heterocycles. The maximum absolute atomic E-state index is 12.5. The van der Waals surface area contributed by atoms with Crippen molar-refractivity contribution >= 4 is 50.7 Å². The summed E-state index contributed by atoms with van der Waals surface area (Å²) >= 11 is 7.46. The number of benzene rings is 3. The van der Waals surface area contributed by atoms with Crippen LogP contribution in [-0.2, 0) is 14.8 Å². The fourth-order valence-corrected chi connectivity index (χ4v) is 4.67. The number of anilines is 2. The van der Waals surface area contributed by atoms with Crippen molar-refractivity contribution in [3.8, 4) is 0 Å². The van der Waals surface area contributed by atoms with Crippen LogP contribution in [0.2, 0.25) is 5.02 Å². The fourth-order valence-electron chi connectivity index (χ4n) is 2.47. The smallest absolute Gasteiger partial charge is 0.261 e. The maximum atomic E-state index is 12.5. The highest BCUT2D eigenvalue weighted by molar-refractivity contribution is 8.00. The minimum absolute atomic E-state index is 0.0714. The lowest BCUT2D eigenvalue weighted by Crippen LogP contribution is -2.22. The summed E-state index contributed by atoms with van der Waals surface area (Å²) in [6.45, 7) is 1.82. The number of amides is 1. The Labute approximate surface area is 179 Å². The number of nitrogens with one attached hydrogen (secondary N) is 2. The van der Waals surface area contributed by atoms with Crippen LogP contribution in [0.4, 0.5) is 11.4 Å². The van der Waals surface area contributed by atoms with Crippen molar-refractivity contribution in [1.82, 2.24) is 0 Å². The summed E-state index contributed by atoms with van der Waals surface area (Å²) in [6.07, 6.45) is 0. The van der Waals surface area contributed by atoms with E-state index in [-0.39, 0.29) is 16.1 Å². The number of carbonyl (C=O) groups excluding carboxylic acids is 1. The van der Waals surface area contributed by atoms with Crippen LogP contribution < -0.4 is 10.0 Å². The Bertz CT molecular complexity index is 1090. The Kier molecular flexibility index (Phi) is 6.84. The highest BCUT2D eigenvalue weighted by Crippen LogP contribution is 2.26. The van der Waals surface area contributed by atoms with E-state index in [0.29, 0.717) is 16.4 Å². The first-order valence-electron chi connectivity index (χ1n) is 8.75. The molecule has 0 saturated carbocycles. The van der Waals surface area contributed by atoms with Crippen molar-refractivity contribution in [2.75, 3.05) is 10.0 Å². The summed E-state index contributed by atoms with van der Waals surface area (Å²) in [7, 11) is -3.79. The third-order valence-electron chi connectivity index (χ3n) is 3.98. The summed E-state index contributed by atoms with van der Waals surface area (Å²) in [5.74, 6) is -0.163. The molecule has 3 aromatic carbocycles. The minimum Gasteiger partial charge on any atom is -0.325 e. The molecule has 0 unspecified atom stereocenters. The molecule has 0 spiro atoms. The third kappa shape index (κ3) is 5.76. The van der Waals surface area contributed by atoms with Gasteiger partial charge in [-0.25, -0.2) is 8.42 Å². The van der Waals surface area contributed by atoms with Crippen molar-refractivity contribution in [1.29, 1.82) is 0 Å². The van der Waals surface area contributed by atoms with Crippen LogP contribution in [-0.4, -0.2) is 19.6 Å². The van der Waals surface area contributed by atoms with E-state index >= 15 is 0 Å². The number of carbonyl (C=O) groups is 1. The summed E-state index contributed by atoms with van der Waals surface area (Å²) < 4.78 is 27.5. The van der Waals surface area contributed by atoms with Crippen LogP contribution in [0.3, 0.4) is 0 Å². The predicted octanol–water partition coefficient (Wildman–Crippen LogP) is 5.26. The highest BCUT2D eigenvalue weighted by Gasteiger charge is 2.17. The molecule has 0 radical (unpaired) electrons. The van der Waals surface area contributed by atoms with Gasteiger partial charge in [-0.15, -0.1) is 11.8 Å². The van der Waals surface area contributed by atoms with Crippen LogP contribution >= 0.6 is 23.4 Å². The van der Waals surface area contributed by atoms with Crippen LogP contribution in [0.5, 0.6) is 0 Å². The van der Waals surface area contributed by atoms with Gasteiger partial charge in [-0.2, -0.15) is 0 Å². The number of thioether (sulfide) groups is 1. The highest BCUT2D eigenvalue weighted by atomic mass is 35.5. The van der Waals surface area contributed by atoms with Crippen molar-refractivity contribution in [3.05, 3.63) is 83.9 Å². The van der Waals surface area contributed by atoms with Gasteiger partial charge in [0.25, 0.3) is 10.0 Å². The summed E-state index contributed by atoms with van der Waals surface area (Å²) in [5.41, 5.74) is 0.825. The Morgan fingerprint density at radius 3 is 2.21 bits per heavy atom. The van der Waals surface area contributed by atoms with E-state index in [4.69, 9.17) is 11.6 Å². The number of halogens is 1. The van der Waals surface area contributed by atoms with E-state index in [2.05, 4.69) is 10.0 Å². The van der Waals surface area contributed by atoms with Crippen LogP contribution in [0, 0.1) is 0 Å². The number of hydrogen-bond donors (Lipinski definition) is 2. The molecule has 0 fully saturated rings. The SMILES string of the molecule is C[C@H](Sc1ccccc1)C(=O)Nc1ccc(S(=O)(=O)Nc2ccccc2Cl)cc1. The second kappa shape index (κ2) is 9.35. The first-order valence-corrected chi connectivity index (χ1v) is 11.5. The van der Waals surface area contributed by atoms with Gasteiger partial charge in [0.2, 0.25) is 5.91 Å². The van der Waals surface area contributed by atoms with Gasteiger partial charge in [-0.05, 0) is 55.5 Å². The zero-order valence-corrected chi connectivity index (χ0v) is 17.9. The molecule has 3 rings (SSSR count). The molecule has 3 aromatic rings. The average molecular weight is 447 g/mol. The topological polar surface area (TPSA) is 75.3 Å². The Hall–Kier alpha value is -2.48. The van der Waals surface area contributed by atoms with Gasteiger partial charge in [0.15, 0.2) is 0 Å². The number of sulfonamides is 1. The molecule has 0 bridgehead atoms. The van der Waals surface area contributed by atoms with Gasteiger partial charge >= 0.3 is 0 Å². The lowest BCUT2D eigenvalue weighted by atomic mass is 10.3. The van der Waals surface area contributed by atoms with Gasteiger partial charge in [-0.1, -0.05) is 41.9 Å². The van der Waals surface area contributed by atoms with E-state index in [1.54, 1.807) is 36.4 Å². The van der Waals surface area contributed by atoms with Crippen LogP contribution in [0.15, 0.2) is 88.7 Å². The fraction of sp³-hybridized carbons (Fsp3) is 0.0952. The zero-order valence-electron chi connectivity index (χ0n) is 15.5. The largest absolute Gasteiger partial charge is 0.325 e. The van der Waals surface area contributed by atoms with Crippen molar-refractivity contribution in [3.63, 3.8) is 0 Å². The average Bonchev–Trinajstić information content (AvgIpc) is 2.71. The third-order valence-corrected chi connectivity index (χ3v) is 6.80. The molecule has 8 heteroatoms. The molecule has 5 nitrogen and oxygen atoms in total. The normalized spacial score (nSPS) is 12.2. The Morgan fingerprint density at radius 1 is 0.931 bits per heavy atom. The van der Waals surface area contributed by atoms with Crippen LogP contribution in [0.1, 0.15) is 6.92 Å². The van der Waals surface area contributed by atoms with Gasteiger partial charge in [0.1, 0.15) is 0 Å². The number of para-hydroxylation sites is 1. The zero-order chi connectivity index (χ0) is 20.9. The Balaban J connectivity index is 1.65. The molecule has 0 aromatic heterocycles. The molecule has 0 saturated heterocycles. The molecule has 2 N–H and O–H groups in total. The monoisotopic (exact) mass is 446 g/mol. The lowest BCUT2D eigenvalue weighted by molar-refractivity contribution is -0.115. The minimum atomic E-state index is -3.79. The Morgan fingerprint density at radius 2 is 1.55 bits per heavy atom. The van der Waals surface area contributed by atoms with Gasteiger partial charge in [0, 0.05) is 10.6 Å². The van der Waals surface area contributed by atoms with E-state index in [0.717, 1.165) is 4.90 Å². The summed E-state index contributed by atoms with van der Waals surface area (Å²) in [4.78, 5) is 13.5.